The van der Waals surface area contributed by atoms with Crippen LogP contribution in [0.3, 0.4) is 0 Å². The molecule has 3 heterocycles. The van der Waals surface area contributed by atoms with Crippen LogP contribution in [-0.4, -0.2) is 47.2 Å². The highest BCUT2D eigenvalue weighted by atomic mass is 32.1. The Balaban J connectivity index is 1.57. The minimum Gasteiger partial charge on any atom is -0.351 e. The molecule has 0 atom stereocenters. The summed E-state index contributed by atoms with van der Waals surface area (Å²) in [6.45, 7) is 6.08. The van der Waals surface area contributed by atoms with Gasteiger partial charge in [0.05, 0.1) is 16.3 Å². The van der Waals surface area contributed by atoms with Crippen LogP contribution in [0.1, 0.15) is 18.4 Å². The molecule has 0 amide bonds. The molecule has 0 bridgehead atoms. The monoisotopic (exact) mass is 392 g/mol. The zero-order chi connectivity index (χ0) is 18.9. The molecule has 144 valence electrons. The van der Waals surface area contributed by atoms with Crippen molar-refractivity contribution in [1.29, 1.82) is 0 Å². The summed E-state index contributed by atoms with van der Waals surface area (Å²) in [7, 11) is 0. The molecule has 7 heteroatoms. The Bertz CT molecular complexity index is 975. The predicted molar refractivity (Wildman–Crippen MR) is 115 cm³/mol. The molecule has 28 heavy (non-hydrogen) atoms. The van der Waals surface area contributed by atoms with E-state index in [2.05, 4.69) is 51.7 Å². The van der Waals surface area contributed by atoms with Crippen molar-refractivity contribution in [2.75, 3.05) is 36.4 Å². The Hall–Kier alpha value is -2.51. The quantitative estimate of drug-likeness (QED) is 0.692. The normalized spacial score (nSPS) is 17.0. The summed E-state index contributed by atoms with van der Waals surface area (Å²) >= 11 is 1.73. The van der Waals surface area contributed by atoms with Gasteiger partial charge in [0.25, 0.3) is 0 Å². The summed E-state index contributed by atoms with van der Waals surface area (Å²) in [5, 5.41) is 7.89. The van der Waals surface area contributed by atoms with Crippen LogP contribution in [0, 0.1) is 6.92 Å². The van der Waals surface area contributed by atoms with Crippen LogP contribution < -0.4 is 15.5 Å². The third-order valence-corrected chi connectivity index (χ3v) is 6.23. The Morgan fingerprint density at radius 2 is 2.00 bits per heavy atom. The predicted octanol–water partition coefficient (Wildman–Crippen LogP) is 3.56. The van der Waals surface area contributed by atoms with Crippen molar-refractivity contribution in [1.82, 2.24) is 20.3 Å². The Morgan fingerprint density at radius 1 is 1.14 bits per heavy atom. The third kappa shape index (κ3) is 3.72. The first-order valence-corrected chi connectivity index (χ1v) is 10.7. The molecule has 0 spiro atoms. The summed E-state index contributed by atoms with van der Waals surface area (Å²) in [6, 6.07) is 11.1. The minimum absolute atomic E-state index is 0.532. The molecule has 2 N–H and O–H groups in total. The molecular weight excluding hydrogens is 368 g/mol. The van der Waals surface area contributed by atoms with Crippen molar-refractivity contribution in [3.05, 3.63) is 42.1 Å². The number of aromatic nitrogens is 3. The van der Waals surface area contributed by atoms with Gasteiger partial charge in [0.2, 0.25) is 5.95 Å². The van der Waals surface area contributed by atoms with E-state index in [9.17, 15) is 0 Å². The number of hydrogen-bond acceptors (Lipinski definition) is 7. The summed E-state index contributed by atoms with van der Waals surface area (Å²) in [6.07, 6.45) is 4.25. The lowest BCUT2D eigenvalue weighted by molar-refractivity contribution is 0.588. The average Bonchev–Trinajstić information content (AvgIpc) is 3.42. The second-order valence-corrected chi connectivity index (χ2v) is 8.44. The summed E-state index contributed by atoms with van der Waals surface area (Å²) in [5.41, 5.74) is 4.33. The van der Waals surface area contributed by atoms with Gasteiger partial charge in [-0.25, -0.2) is 15.0 Å². The standard InChI is InChI=1S/C21H24N6S/c1-14-3-2-4-15(13-14)18-19(28-21(26-18)27-11-9-22-10-12-27)17-7-8-23-20(25-17)24-16-5-6-16/h2-4,7-8,13,16,22H,5-6,9-12H2,1H3,(H,23,24,25). The number of piperazine rings is 1. The maximum absolute atomic E-state index is 5.06. The van der Waals surface area contributed by atoms with E-state index < -0.39 is 0 Å². The Labute approximate surface area is 169 Å². The first-order valence-electron chi connectivity index (χ1n) is 9.90. The van der Waals surface area contributed by atoms with Gasteiger partial charge >= 0.3 is 0 Å². The lowest BCUT2D eigenvalue weighted by Crippen LogP contribution is -2.43. The van der Waals surface area contributed by atoms with Crippen molar-refractivity contribution in [3.63, 3.8) is 0 Å². The first-order chi connectivity index (χ1) is 13.8. The van der Waals surface area contributed by atoms with Gasteiger partial charge in [-0.2, -0.15) is 0 Å². The van der Waals surface area contributed by atoms with Gasteiger partial charge in [-0.15, -0.1) is 0 Å². The number of benzene rings is 1. The van der Waals surface area contributed by atoms with Crippen molar-refractivity contribution >= 4 is 22.4 Å². The van der Waals surface area contributed by atoms with E-state index in [-0.39, 0.29) is 0 Å². The number of anilines is 2. The maximum atomic E-state index is 5.06. The molecule has 1 aliphatic carbocycles. The van der Waals surface area contributed by atoms with Gasteiger partial charge < -0.3 is 15.5 Å². The second kappa shape index (κ2) is 7.48. The molecule has 0 radical (unpaired) electrons. The van der Waals surface area contributed by atoms with Crippen LogP contribution in [0.15, 0.2) is 36.5 Å². The highest BCUT2D eigenvalue weighted by Gasteiger charge is 2.24. The summed E-state index contributed by atoms with van der Waals surface area (Å²) in [5.74, 6) is 0.715. The van der Waals surface area contributed by atoms with E-state index in [1.807, 2.05) is 12.3 Å². The average molecular weight is 393 g/mol. The van der Waals surface area contributed by atoms with E-state index in [0.717, 1.165) is 53.1 Å². The van der Waals surface area contributed by atoms with E-state index in [4.69, 9.17) is 9.97 Å². The summed E-state index contributed by atoms with van der Waals surface area (Å²) in [4.78, 5) is 17.8. The minimum atomic E-state index is 0.532. The molecule has 1 saturated heterocycles. The number of aryl methyl sites for hydroxylation is 1. The number of thiazole rings is 1. The van der Waals surface area contributed by atoms with E-state index in [1.54, 1.807) is 11.3 Å². The number of rotatable bonds is 5. The molecule has 6 nitrogen and oxygen atoms in total. The number of nitrogens with one attached hydrogen (secondary N) is 2. The van der Waals surface area contributed by atoms with Gasteiger partial charge in [0.1, 0.15) is 0 Å². The summed E-state index contributed by atoms with van der Waals surface area (Å²) < 4.78 is 0. The SMILES string of the molecule is Cc1cccc(-c2nc(N3CCNCC3)sc2-c2ccnc(NC3CC3)n2)c1. The fourth-order valence-corrected chi connectivity index (χ4v) is 4.54. The molecule has 0 unspecified atom stereocenters. The van der Waals surface area contributed by atoms with Gasteiger partial charge in [-0.3, -0.25) is 0 Å². The van der Waals surface area contributed by atoms with Crippen molar-refractivity contribution in [2.45, 2.75) is 25.8 Å². The largest absolute Gasteiger partial charge is 0.351 e. The smallest absolute Gasteiger partial charge is 0.223 e. The second-order valence-electron chi connectivity index (χ2n) is 7.46. The van der Waals surface area contributed by atoms with Crippen molar-refractivity contribution in [3.8, 4) is 21.8 Å². The third-order valence-electron chi connectivity index (χ3n) is 5.09. The van der Waals surface area contributed by atoms with Crippen LogP contribution in [-0.2, 0) is 0 Å². The molecule has 2 aliphatic rings. The first kappa shape index (κ1) is 17.6. The Morgan fingerprint density at radius 3 is 2.79 bits per heavy atom. The Kier molecular flexibility index (Phi) is 4.70. The fourth-order valence-electron chi connectivity index (χ4n) is 3.43. The van der Waals surface area contributed by atoms with Gasteiger partial charge in [-0.1, -0.05) is 35.1 Å². The molecular formula is C21H24N6S. The van der Waals surface area contributed by atoms with Gasteiger partial charge in [-0.05, 0) is 31.9 Å². The van der Waals surface area contributed by atoms with Gasteiger partial charge in [0, 0.05) is 44.0 Å². The van der Waals surface area contributed by atoms with Gasteiger partial charge in [0.15, 0.2) is 5.13 Å². The highest BCUT2D eigenvalue weighted by molar-refractivity contribution is 7.19. The van der Waals surface area contributed by atoms with E-state index >= 15 is 0 Å². The van der Waals surface area contributed by atoms with Crippen LogP contribution in [0.5, 0.6) is 0 Å². The van der Waals surface area contributed by atoms with Crippen LogP contribution >= 0.6 is 11.3 Å². The molecule has 1 saturated carbocycles. The zero-order valence-corrected chi connectivity index (χ0v) is 16.8. The van der Waals surface area contributed by atoms with Crippen molar-refractivity contribution in [2.24, 2.45) is 0 Å². The molecule has 3 aromatic rings. The number of nitrogens with zero attached hydrogens (tertiary/aromatic N) is 4. The van der Waals surface area contributed by atoms with Crippen LogP contribution in [0.25, 0.3) is 21.8 Å². The lowest BCUT2D eigenvalue weighted by atomic mass is 10.1. The zero-order valence-electron chi connectivity index (χ0n) is 16.0. The van der Waals surface area contributed by atoms with Crippen molar-refractivity contribution < 1.29 is 0 Å². The fraction of sp³-hybridized carbons (Fsp3) is 0.381. The molecule has 2 aromatic heterocycles. The molecule has 2 fully saturated rings. The topological polar surface area (TPSA) is 66.0 Å². The molecule has 5 rings (SSSR count). The lowest BCUT2D eigenvalue weighted by Gasteiger charge is -2.26. The van der Waals surface area contributed by atoms with E-state index in [0.29, 0.717) is 12.0 Å². The molecule has 1 aliphatic heterocycles. The van der Waals surface area contributed by atoms with E-state index in [1.165, 1.54) is 18.4 Å². The maximum Gasteiger partial charge on any atom is 0.223 e. The van der Waals surface area contributed by atoms with Crippen LogP contribution in [0.2, 0.25) is 0 Å². The van der Waals surface area contributed by atoms with Crippen LogP contribution in [0.4, 0.5) is 11.1 Å². The highest BCUT2D eigenvalue weighted by Crippen LogP contribution is 2.40. The molecule has 1 aromatic carbocycles. The number of hydrogen-bond donors (Lipinski definition) is 2.